The van der Waals surface area contributed by atoms with Crippen LogP contribution in [0.1, 0.15) is 30.9 Å². The second-order valence-electron chi connectivity index (χ2n) is 4.92. The second kappa shape index (κ2) is 7.93. The molecule has 7 heteroatoms. The third kappa shape index (κ3) is 5.85. The molecule has 0 spiro atoms. The molecule has 0 aromatic heterocycles. The minimum Gasteiger partial charge on any atom is -0.385 e. The Hall–Kier alpha value is -1.89. The number of ether oxygens (including phenoxy) is 1. The minimum absolute atomic E-state index is 0.0943. The van der Waals surface area contributed by atoms with Crippen LogP contribution in [0, 0.1) is 0 Å². The Bertz CT molecular complexity index is 512. The normalized spacial score (nSPS) is 12.8. The molecule has 0 heterocycles. The molecule has 0 aliphatic heterocycles. The Labute approximate surface area is 126 Å². The Morgan fingerprint density at radius 3 is 2.09 bits per heavy atom. The molecule has 0 unspecified atom stereocenters. The van der Waals surface area contributed by atoms with Gasteiger partial charge in [-0.15, -0.1) is 0 Å². The summed E-state index contributed by atoms with van der Waals surface area (Å²) in [6.07, 6.45) is -2.71. The van der Waals surface area contributed by atoms with Crippen LogP contribution < -0.4 is 5.73 Å². The van der Waals surface area contributed by atoms with E-state index >= 15 is 0 Å². The maximum Gasteiger partial charge on any atom is 0.491 e. The molecule has 122 valence electrons. The fraction of sp³-hybridized carbons (Fsp3) is 0.467. The van der Waals surface area contributed by atoms with E-state index in [-0.39, 0.29) is 6.42 Å². The van der Waals surface area contributed by atoms with Crippen LogP contribution in [-0.4, -0.2) is 24.2 Å². The lowest BCUT2D eigenvalue weighted by Gasteiger charge is -2.11. The van der Waals surface area contributed by atoms with Crippen molar-refractivity contribution in [2.24, 2.45) is 5.73 Å². The highest BCUT2D eigenvalue weighted by atomic mass is 19.4. The molecule has 0 radical (unpaired) electrons. The van der Waals surface area contributed by atoms with Gasteiger partial charge in [0.05, 0.1) is 0 Å². The van der Waals surface area contributed by atoms with Crippen LogP contribution in [0.5, 0.6) is 0 Å². The first-order chi connectivity index (χ1) is 10.2. The first-order valence-corrected chi connectivity index (χ1v) is 6.90. The third-order valence-electron chi connectivity index (χ3n) is 3.03. The zero-order chi connectivity index (χ0) is 16.8. The lowest BCUT2D eigenvalue weighted by molar-refractivity contribution is -0.202. The van der Waals surface area contributed by atoms with Gasteiger partial charge >= 0.3 is 18.1 Å². The average Bonchev–Trinajstić information content (AvgIpc) is 2.45. The zero-order valence-electron chi connectivity index (χ0n) is 12.2. The molecule has 1 aromatic carbocycles. The molecule has 1 atom stereocenters. The summed E-state index contributed by atoms with van der Waals surface area (Å²) in [7, 11) is 0. The van der Waals surface area contributed by atoms with Crippen molar-refractivity contribution < 1.29 is 27.5 Å². The molecule has 1 rings (SSSR count). The summed E-state index contributed by atoms with van der Waals surface area (Å²) in [6.45, 7) is 2.07. The number of esters is 2. The lowest BCUT2D eigenvalue weighted by atomic mass is 10.0. The summed E-state index contributed by atoms with van der Waals surface area (Å²) in [5.41, 5.74) is 7.53. The summed E-state index contributed by atoms with van der Waals surface area (Å²) in [5, 5.41) is 0. The van der Waals surface area contributed by atoms with Crippen molar-refractivity contribution in [2.75, 3.05) is 0 Å². The number of hydrogen-bond donors (Lipinski definition) is 1. The van der Waals surface area contributed by atoms with Crippen molar-refractivity contribution >= 4 is 11.9 Å². The van der Waals surface area contributed by atoms with E-state index in [4.69, 9.17) is 5.73 Å². The van der Waals surface area contributed by atoms with Crippen molar-refractivity contribution in [3.63, 3.8) is 0 Å². The third-order valence-corrected chi connectivity index (χ3v) is 3.03. The first-order valence-electron chi connectivity index (χ1n) is 6.90. The number of alkyl halides is 3. The predicted octanol–water partition coefficient (Wildman–Crippen LogP) is 2.53. The van der Waals surface area contributed by atoms with Gasteiger partial charge in [-0.3, -0.25) is 0 Å². The molecular weight excluding hydrogens is 299 g/mol. The van der Waals surface area contributed by atoms with Gasteiger partial charge in [-0.05, 0) is 30.4 Å². The van der Waals surface area contributed by atoms with Crippen molar-refractivity contribution in [1.29, 1.82) is 0 Å². The van der Waals surface area contributed by atoms with Crippen LogP contribution in [0.15, 0.2) is 24.3 Å². The summed E-state index contributed by atoms with van der Waals surface area (Å²) in [4.78, 5) is 21.8. The van der Waals surface area contributed by atoms with Crippen molar-refractivity contribution in [3.8, 4) is 0 Å². The average molecular weight is 317 g/mol. The Balaban J connectivity index is 2.46. The SMILES string of the molecule is CCCc1ccc(CC[C@H](N)C(=O)OC(=O)C(F)(F)F)cc1. The molecule has 0 saturated carbocycles. The standard InChI is InChI=1S/C15H18F3NO3/c1-2-3-10-4-6-11(7-5-10)8-9-12(19)13(20)22-14(21)15(16,17)18/h4-7,12H,2-3,8-9,19H2,1H3/t12-/m0/s1. The highest BCUT2D eigenvalue weighted by Crippen LogP contribution is 2.17. The highest BCUT2D eigenvalue weighted by Gasteiger charge is 2.43. The van der Waals surface area contributed by atoms with Crippen LogP contribution in [0.2, 0.25) is 0 Å². The molecule has 4 nitrogen and oxygen atoms in total. The number of aryl methyl sites for hydroxylation is 2. The minimum atomic E-state index is -5.20. The fourth-order valence-electron chi connectivity index (χ4n) is 1.83. The van der Waals surface area contributed by atoms with E-state index in [0.29, 0.717) is 6.42 Å². The number of benzene rings is 1. The number of carbonyl (C=O) groups is 2. The van der Waals surface area contributed by atoms with Gasteiger partial charge in [0.2, 0.25) is 0 Å². The number of nitrogens with two attached hydrogens (primary N) is 1. The summed E-state index contributed by atoms with van der Waals surface area (Å²) in [6, 6.07) is 6.39. The summed E-state index contributed by atoms with van der Waals surface area (Å²) >= 11 is 0. The molecule has 22 heavy (non-hydrogen) atoms. The van der Waals surface area contributed by atoms with Crippen molar-refractivity contribution in [2.45, 2.75) is 44.8 Å². The van der Waals surface area contributed by atoms with Gasteiger partial charge in [0.25, 0.3) is 0 Å². The Kier molecular flexibility index (Phi) is 6.55. The summed E-state index contributed by atoms with van der Waals surface area (Å²) < 4.78 is 39.6. The smallest absolute Gasteiger partial charge is 0.385 e. The Morgan fingerprint density at radius 1 is 1.14 bits per heavy atom. The fourth-order valence-corrected chi connectivity index (χ4v) is 1.83. The van der Waals surface area contributed by atoms with E-state index in [2.05, 4.69) is 11.7 Å². The molecule has 2 N–H and O–H groups in total. The van der Waals surface area contributed by atoms with Gasteiger partial charge in [-0.1, -0.05) is 37.6 Å². The monoisotopic (exact) mass is 317 g/mol. The van der Waals surface area contributed by atoms with Crippen molar-refractivity contribution in [1.82, 2.24) is 0 Å². The maximum atomic E-state index is 12.0. The molecule has 1 aromatic rings. The first kappa shape index (κ1) is 18.2. The highest BCUT2D eigenvalue weighted by molar-refractivity contribution is 5.90. The zero-order valence-corrected chi connectivity index (χ0v) is 12.2. The molecule has 0 amide bonds. The van der Waals surface area contributed by atoms with Gasteiger partial charge in [0.1, 0.15) is 6.04 Å². The summed E-state index contributed by atoms with van der Waals surface area (Å²) in [5.74, 6) is -3.92. The van der Waals surface area contributed by atoms with E-state index in [1.165, 1.54) is 5.56 Å². The molecule has 0 saturated heterocycles. The lowest BCUT2D eigenvalue weighted by Crippen LogP contribution is -2.37. The van der Waals surface area contributed by atoms with Gasteiger partial charge < -0.3 is 10.5 Å². The maximum absolute atomic E-state index is 12.0. The van der Waals surface area contributed by atoms with Gasteiger partial charge in [-0.2, -0.15) is 13.2 Å². The van der Waals surface area contributed by atoms with Crippen molar-refractivity contribution in [3.05, 3.63) is 35.4 Å². The van der Waals surface area contributed by atoms with E-state index in [0.717, 1.165) is 18.4 Å². The van der Waals surface area contributed by atoms with Gasteiger partial charge in [0.15, 0.2) is 0 Å². The topological polar surface area (TPSA) is 69.4 Å². The quantitative estimate of drug-likeness (QED) is 0.646. The second-order valence-corrected chi connectivity index (χ2v) is 4.92. The number of carbonyl (C=O) groups excluding carboxylic acids is 2. The van der Waals surface area contributed by atoms with Gasteiger partial charge in [0, 0.05) is 0 Å². The van der Waals surface area contributed by atoms with E-state index in [9.17, 15) is 22.8 Å². The number of rotatable bonds is 6. The molecule has 0 bridgehead atoms. The van der Waals surface area contributed by atoms with Crippen LogP contribution in [0.4, 0.5) is 13.2 Å². The molecule has 0 aliphatic carbocycles. The Morgan fingerprint density at radius 2 is 1.64 bits per heavy atom. The van der Waals surface area contributed by atoms with E-state index in [1.54, 1.807) is 0 Å². The number of halogens is 3. The van der Waals surface area contributed by atoms with E-state index in [1.807, 2.05) is 24.3 Å². The number of hydrogen-bond acceptors (Lipinski definition) is 4. The molecule has 0 fully saturated rings. The van der Waals surface area contributed by atoms with Crippen LogP contribution in [0.25, 0.3) is 0 Å². The molecule has 0 aliphatic rings. The van der Waals surface area contributed by atoms with Crippen LogP contribution in [-0.2, 0) is 27.2 Å². The van der Waals surface area contributed by atoms with Crippen LogP contribution >= 0.6 is 0 Å². The van der Waals surface area contributed by atoms with E-state index < -0.39 is 24.2 Å². The molecular formula is C15H18F3NO3. The van der Waals surface area contributed by atoms with Gasteiger partial charge in [-0.25, -0.2) is 9.59 Å². The predicted molar refractivity (Wildman–Crippen MR) is 73.9 cm³/mol. The van der Waals surface area contributed by atoms with Crippen LogP contribution in [0.3, 0.4) is 0 Å². The largest absolute Gasteiger partial charge is 0.491 e.